The summed E-state index contributed by atoms with van der Waals surface area (Å²) in [4.78, 5) is 9.39. The van der Waals surface area contributed by atoms with E-state index in [4.69, 9.17) is 4.98 Å². The summed E-state index contributed by atoms with van der Waals surface area (Å²) in [6.07, 6.45) is 1.87. The smallest absolute Gasteiger partial charge is 0.215 e. The number of nitrogens with zero attached hydrogens (tertiary/aromatic N) is 4. The van der Waals surface area contributed by atoms with Crippen molar-refractivity contribution in [2.24, 2.45) is 7.05 Å². The van der Waals surface area contributed by atoms with Crippen LogP contribution >= 0.6 is 11.3 Å². The van der Waals surface area contributed by atoms with E-state index >= 15 is 0 Å². The van der Waals surface area contributed by atoms with E-state index in [0.717, 1.165) is 22.3 Å². The first kappa shape index (κ1) is 12.5. The molecule has 0 aliphatic heterocycles. The van der Waals surface area contributed by atoms with Crippen molar-refractivity contribution < 1.29 is 0 Å². The third-order valence-corrected chi connectivity index (χ3v) is 5.87. The van der Waals surface area contributed by atoms with Crippen molar-refractivity contribution in [1.82, 2.24) is 18.9 Å². The summed E-state index contributed by atoms with van der Waals surface area (Å²) < 4.78 is 6.92. The maximum absolute atomic E-state index is 4.80. The molecule has 114 valence electrons. The first-order valence-electron chi connectivity index (χ1n) is 7.84. The Bertz CT molecular complexity index is 1420. The fourth-order valence-corrected chi connectivity index (χ4v) is 4.73. The van der Waals surface area contributed by atoms with Crippen LogP contribution in [-0.4, -0.2) is 18.9 Å². The average Bonchev–Trinajstić information content (AvgIpc) is 3.24. The van der Waals surface area contributed by atoms with Gasteiger partial charge >= 0.3 is 0 Å². The Morgan fingerprint density at radius 1 is 0.917 bits per heavy atom. The van der Waals surface area contributed by atoms with E-state index in [1.165, 1.54) is 25.8 Å². The molecule has 0 amide bonds. The highest BCUT2D eigenvalue weighted by molar-refractivity contribution is 7.25. The fraction of sp³-hybridized carbons (Fsp3) is 0.0526. The molecule has 0 fully saturated rings. The topological polar surface area (TPSA) is 35.1 Å². The van der Waals surface area contributed by atoms with E-state index < -0.39 is 0 Å². The maximum Gasteiger partial charge on any atom is 0.215 e. The van der Waals surface area contributed by atoms with Crippen molar-refractivity contribution in [2.75, 3.05) is 0 Å². The van der Waals surface area contributed by atoms with Gasteiger partial charge in [-0.15, -0.1) is 11.3 Å². The third kappa shape index (κ3) is 1.39. The van der Waals surface area contributed by atoms with Gasteiger partial charge in [0.05, 0.1) is 32.3 Å². The number of para-hydroxylation sites is 2. The highest BCUT2D eigenvalue weighted by Crippen LogP contribution is 2.36. The predicted molar refractivity (Wildman–Crippen MR) is 99.9 cm³/mol. The van der Waals surface area contributed by atoms with Crippen LogP contribution < -0.4 is 0 Å². The maximum atomic E-state index is 4.80. The quantitative estimate of drug-likeness (QED) is 0.403. The molecule has 6 rings (SSSR count). The van der Waals surface area contributed by atoms with Crippen LogP contribution in [0.1, 0.15) is 0 Å². The molecule has 24 heavy (non-hydrogen) atoms. The Morgan fingerprint density at radius 3 is 2.79 bits per heavy atom. The van der Waals surface area contributed by atoms with E-state index in [1.54, 1.807) is 11.3 Å². The van der Waals surface area contributed by atoms with Crippen molar-refractivity contribution in [3.63, 3.8) is 0 Å². The van der Waals surface area contributed by atoms with Gasteiger partial charge in [0.25, 0.3) is 0 Å². The van der Waals surface area contributed by atoms with Crippen LogP contribution in [0.2, 0.25) is 0 Å². The summed E-state index contributed by atoms with van der Waals surface area (Å²) in [7, 11) is 2.08. The second-order valence-electron chi connectivity index (χ2n) is 6.08. The second-order valence-corrected chi connectivity index (χ2v) is 7.17. The monoisotopic (exact) mass is 328 g/mol. The molecule has 0 bridgehead atoms. The van der Waals surface area contributed by atoms with Gasteiger partial charge in [-0.1, -0.05) is 12.1 Å². The Morgan fingerprint density at radius 2 is 1.83 bits per heavy atom. The molecule has 0 saturated heterocycles. The minimum Gasteiger partial charge on any atom is -0.313 e. The summed E-state index contributed by atoms with van der Waals surface area (Å²) in [5.41, 5.74) is 5.63. The van der Waals surface area contributed by atoms with Gasteiger partial charge in [0.1, 0.15) is 0 Å². The zero-order valence-electron chi connectivity index (χ0n) is 12.9. The highest BCUT2D eigenvalue weighted by atomic mass is 32.1. The van der Waals surface area contributed by atoms with Crippen molar-refractivity contribution in [3.05, 3.63) is 54.7 Å². The molecule has 4 aromatic heterocycles. The number of pyridine rings is 1. The van der Waals surface area contributed by atoms with Crippen LogP contribution in [0.4, 0.5) is 0 Å². The first-order valence-corrected chi connectivity index (χ1v) is 8.66. The van der Waals surface area contributed by atoms with Crippen LogP contribution in [0.5, 0.6) is 0 Å². The molecule has 5 heteroatoms. The molecule has 0 spiro atoms. The molecule has 0 N–H and O–H groups in total. The van der Waals surface area contributed by atoms with E-state index in [1.807, 2.05) is 18.3 Å². The number of aromatic nitrogens is 4. The summed E-state index contributed by atoms with van der Waals surface area (Å²) in [6, 6.07) is 17.0. The lowest BCUT2D eigenvalue weighted by Crippen LogP contribution is -1.87. The average molecular weight is 328 g/mol. The summed E-state index contributed by atoms with van der Waals surface area (Å²) in [5.74, 6) is 0.973. The van der Waals surface area contributed by atoms with E-state index in [-0.39, 0.29) is 0 Å². The first-order chi connectivity index (χ1) is 11.8. The van der Waals surface area contributed by atoms with Crippen LogP contribution in [0, 0.1) is 0 Å². The molecule has 0 radical (unpaired) electrons. The minimum absolute atomic E-state index is 0.973. The number of hydrogen-bond donors (Lipinski definition) is 0. The van der Waals surface area contributed by atoms with Gasteiger partial charge in [-0.05, 0) is 36.4 Å². The van der Waals surface area contributed by atoms with Gasteiger partial charge in [-0.3, -0.25) is 9.38 Å². The number of aryl methyl sites for hydroxylation is 1. The van der Waals surface area contributed by atoms with Crippen molar-refractivity contribution in [1.29, 1.82) is 0 Å². The Balaban J connectivity index is 1.91. The van der Waals surface area contributed by atoms with E-state index in [9.17, 15) is 0 Å². The molecule has 6 aromatic rings. The van der Waals surface area contributed by atoms with E-state index in [0.29, 0.717) is 0 Å². The number of hydrogen-bond acceptors (Lipinski definition) is 3. The zero-order valence-corrected chi connectivity index (χ0v) is 13.7. The minimum atomic E-state index is 0.973. The molecule has 0 aliphatic carbocycles. The summed E-state index contributed by atoms with van der Waals surface area (Å²) >= 11 is 1.80. The number of imidazole rings is 2. The molecule has 4 nitrogen and oxygen atoms in total. The summed E-state index contributed by atoms with van der Waals surface area (Å²) in [5, 5.41) is 1.22. The highest BCUT2D eigenvalue weighted by Gasteiger charge is 2.16. The number of rotatable bonds is 0. The Labute approximate surface area is 140 Å². The predicted octanol–water partition coefficient (Wildman–Crippen LogP) is 4.74. The van der Waals surface area contributed by atoms with Gasteiger partial charge in [-0.2, -0.15) is 0 Å². The fourth-order valence-electron chi connectivity index (χ4n) is 3.65. The van der Waals surface area contributed by atoms with Crippen molar-refractivity contribution >= 4 is 59.5 Å². The van der Waals surface area contributed by atoms with Gasteiger partial charge in [0.2, 0.25) is 5.78 Å². The van der Waals surface area contributed by atoms with Gasteiger partial charge < -0.3 is 4.57 Å². The molecule has 0 aliphatic rings. The third-order valence-electron chi connectivity index (χ3n) is 4.77. The standard InChI is InChI=1S/C19H12N4S/c1-22-14-10-17-11(18-16(24-17)7-4-8-20-18)9-15(14)23-13-6-3-2-5-12(13)21-19(22)23/h2-10H,1H3. The second kappa shape index (κ2) is 4.13. The lowest BCUT2D eigenvalue weighted by molar-refractivity contribution is 0.974. The molecular weight excluding hydrogens is 316 g/mol. The van der Waals surface area contributed by atoms with Crippen LogP contribution in [0.3, 0.4) is 0 Å². The molecule has 4 heterocycles. The van der Waals surface area contributed by atoms with Crippen LogP contribution in [-0.2, 0) is 7.05 Å². The normalized spacial score (nSPS) is 12.4. The Hall–Kier alpha value is -2.92. The molecule has 0 atom stereocenters. The van der Waals surface area contributed by atoms with Crippen LogP contribution in [0.25, 0.3) is 48.1 Å². The molecule has 0 saturated carbocycles. The number of fused-ring (bicyclic) bond motifs is 8. The SMILES string of the molecule is Cn1c2cc3sc4cccnc4c3cc2n2c3ccccc3nc12. The molecular formula is C19H12N4S. The molecule has 0 unspecified atom stereocenters. The van der Waals surface area contributed by atoms with E-state index in [2.05, 4.69) is 57.4 Å². The van der Waals surface area contributed by atoms with Gasteiger partial charge in [0.15, 0.2) is 0 Å². The van der Waals surface area contributed by atoms with Gasteiger partial charge in [0, 0.05) is 23.3 Å². The zero-order chi connectivity index (χ0) is 15.8. The summed E-state index contributed by atoms with van der Waals surface area (Å²) in [6.45, 7) is 0. The number of thiophene rings is 1. The van der Waals surface area contributed by atoms with Crippen LogP contribution in [0.15, 0.2) is 54.7 Å². The van der Waals surface area contributed by atoms with Crippen molar-refractivity contribution in [2.45, 2.75) is 0 Å². The largest absolute Gasteiger partial charge is 0.313 e. The van der Waals surface area contributed by atoms with Crippen molar-refractivity contribution in [3.8, 4) is 0 Å². The van der Waals surface area contributed by atoms with Gasteiger partial charge in [-0.25, -0.2) is 4.98 Å². The Kier molecular flexibility index (Phi) is 2.15. The number of benzene rings is 2. The lowest BCUT2D eigenvalue weighted by atomic mass is 10.2. The lowest BCUT2D eigenvalue weighted by Gasteiger charge is -1.97. The molecule has 2 aromatic carbocycles.